The van der Waals surface area contributed by atoms with Gasteiger partial charge in [-0.25, -0.2) is 0 Å². The van der Waals surface area contributed by atoms with Gasteiger partial charge in [-0.3, -0.25) is 4.79 Å². The number of unbranched alkanes of at least 4 members (excludes halogenated alkanes) is 39. The molecule has 17 atom stereocenters. The molecule has 86 heavy (non-hydrogen) atoms. The summed E-state index contributed by atoms with van der Waals surface area (Å²) in [6, 6.07) is -0.881. The van der Waals surface area contributed by atoms with Crippen molar-refractivity contribution in [3.05, 3.63) is 0 Å². The van der Waals surface area contributed by atoms with Gasteiger partial charge in [0.15, 0.2) is 18.9 Å². The van der Waals surface area contributed by atoms with E-state index in [1.165, 1.54) is 212 Å². The number of hydrogen-bond donors (Lipinski definition) is 12. The van der Waals surface area contributed by atoms with E-state index in [0.717, 1.165) is 44.9 Å². The number of carbonyl (C=O) groups excluding carboxylic acids is 1. The quantitative estimate of drug-likeness (QED) is 0.0253. The Hall–Kier alpha value is -1.21. The summed E-state index contributed by atoms with van der Waals surface area (Å²) in [5.41, 5.74) is 0. The maximum atomic E-state index is 13.4. The zero-order chi connectivity index (χ0) is 62.6. The molecule has 19 nitrogen and oxygen atoms in total. The van der Waals surface area contributed by atoms with E-state index < -0.39 is 124 Å². The van der Waals surface area contributed by atoms with Crippen LogP contribution < -0.4 is 5.32 Å². The van der Waals surface area contributed by atoms with Crippen molar-refractivity contribution in [3.63, 3.8) is 0 Å². The Labute approximate surface area is 519 Å². The maximum Gasteiger partial charge on any atom is 0.220 e. The van der Waals surface area contributed by atoms with Gasteiger partial charge in [0, 0.05) is 6.42 Å². The largest absolute Gasteiger partial charge is 0.394 e. The normalized spacial score (nSPS) is 28.7. The second-order valence-electron chi connectivity index (χ2n) is 25.7. The lowest BCUT2D eigenvalue weighted by Crippen LogP contribution is -2.66. The number of aliphatic hydroxyl groups is 11. The van der Waals surface area contributed by atoms with Crippen LogP contribution in [-0.2, 0) is 33.2 Å². The van der Waals surface area contributed by atoms with Crippen molar-refractivity contribution >= 4 is 5.91 Å². The molecule has 0 aromatic heterocycles. The molecule has 3 aliphatic rings. The number of amides is 1. The van der Waals surface area contributed by atoms with Gasteiger partial charge in [0.25, 0.3) is 0 Å². The molecule has 12 N–H and O–H groups in total. The predicted octanol–water partition coefficient (Wildman–Crippen LogP) is 9.11. The molecule has 0 spiro atoms. The summed E-state index contributed by atoms with van der Waals surface area (Å²) in [5.74, 6) is -0.236. The molecule has 3 rings (SSSR count). The number of rotatable bonds is 55. The van der Waals surface area contributed by atoms with Gasteiger partial charge in [0.05, 0.1) is 38.6 Å². The van der Waals surface area contributed by atoms with E-state index in [4.69, 9.17) is 28.4 Å². The highest BCUT2D eigenvalue weighted by Gasteiger charge is 2.53. The van der Waals surface area contributed by atoms with Crippen LogP contribution in [-0.4, -0.2) is 193 Å². The Bertz CT molecular complexity index is 1570. The van der Waals surface area contributed by atoms with Gasteiger partial charge in [-0.2, -0.15) is 0 Å². The third-order valence-corrected chi connectivity index (χ3v) is 18.2. The van der Waals surface area contributed by atoms with Crippen molar-refractivity contribution in [2.24, 2.45) is 0 Å². The summed E-state index contributed by atoms with van der Waals surface area (Å²) < 4.78 is 34.4. The van der Waals surface area contributed by atoms with Gasteiger partial charge in [-0.05, 0) is 12.8 Å². The Balaban J connectivity index is 1.39. The average molecular weight is 1240 g/mol. The van der Waals surface area contributed by atoms with E-state index in [1.54, 1.807) is 0 Å². The molecule has 0 bridgehead atoms. The van der Waals surface area contributed by atoms with E-state index in [9.17, 15) is 61.0 Å². The van der Waals surface area contributed by atoms with E-state index in [2.05, 4.69) is 19.2 Å². The van der Waals surface area contributed by atoms with Crippen molar-refractivity contribution < 1.29 is 89.4 Å². The molecule has 0 saturated carbocycles. The van der Waals surface area contributed by atoms with Gasteiger partial charge in [0.2, 0.25) is 5.91 Å². The van der Waals surface area contributed by atoms with Crippen LogP contribution in [0.25, 0.3) is 0 Å². The highest BCUT2D eigenvalue weighted by Crippen LogP contribution is 2.33. The molecule has 3 fully saturated rings. The van der Waals surface area contributed by atoms with Crippen LogP contribution >= 0.6 is 0 Å². The molecule has 0 aromatic rings. The van der Waals surface area contributed by atoms with Gasteiger partial charge in [-0.1, -0.05) is 271 Å². The van der Waals surface area contributed by atoms with Gasteiger partial charge < -0.3 is 89.9 Å². The standard InChI is InChI=1S/C67H129NO18/c1-3-5-7-9-11-13-15-17-19-20-21-22-23-24-25-26-27-28-29-30-31-33-35-37-39-41-43-45-55(73)68-50(51(72)44-42-40-38-36-34-32-18-16-14-12-10-8-6-4-2)49-81-65-61(79)58(76)63(53(47-70)83-65)86-67-62(80)59(77)64(54(48-71)84-67)85-66-60(78)57(75)56(74)52(46-69)82-66/h50-54,56-67,69-72,74-80H,3-49H2,1-2H3,(H,68,73). The number of carbonyl (C=O) groups is 1. The summed E-state index contributed by atoms with van der Waals surface area (Å²) in [5, 5.41) is 121. The Kier molecular flexibility index (Phi) is 46.3. The summed E-state index contributed by atoms with van der Waals surface area (Å²) in [7, 11) is 0. The third-order valence-electron chi connectivity index (χ3n) is 18.2. The van der Waals surface area contributed by atoms with Gasteiger partial charge in [-0.15, -0.1) is 0 Å². The molecular formula is C67H129NO18. The monoisotopic (exact) mass is 1240 g/mol. The lowest BCUT2D eigenvalue weighted by atomic mass is 9.96. The lowest BCUT2D eigenvalue weighted by Gasteiger charge is -2.48. The predicted molar refractivity (Wildman–Crippen MR) is 333 cm³/mol. The Morgan fingerprint density at radius 2 is 0.663 bits per heavy atom. The van der Waals surface area contributed by atoms with Crippen LogP contribution in [0, 0.1) is 0 Å². The van der Waals surface area contributed by atoms with Gasteiger partial charge in [0.1, 0.15) is 73.2 Å². The summed E-state index contributed by atoms with van der Waals surface area (Å²) >= 11 is 0. The van der Waals surface area contributed by atoms with Crippen molar-refractivity contribution in [2.75, 3.05) is 26.4 Å². The number of ether oxygens (including phenoxy) is 6. The fourth-order valence-corrected chi connectivity index (χ4v) is 12.4. The fraction of sp³-hybridized carbons (Fsp3) is 0.985. The lowest BCUT2D eigenvalue weighted by molar-refractivity contribution is -0.379. The Morgan fingerprint density at radius 3 is 1.01 bits per heavy atom. The minimum Gasteiger partial charge on any atom is -0.394 e. The molecule has 3 saturated heterocycles. The number of nitrogens with one attached hydrogen (secondary N) is 1. The molecule has 3 heterocycles. The van der Waals surface area contributed by atoms with E-state index in [-0.39, 0.29) is 18.9 Å². The molecule has 19 heteroatoms. The van der Waals surface area contributed by atoms with Crippen LogP contribution in [0.2, 0.25) is 0 Å². The first-order chi connectivity index (χ1) is 41.8. The number of aliphatic hydroxyl groups excluding tert-OH is 11. The van der Waals surface area contributed by atoms with E-state index in [1.807, 2.05) is 0 Å². The molecular weight excluding hydrogens is 1110 g/mol. The molecule has 17 unspecified atom stereocenters. The molecule has 3 aliphatic heterocycles. The van der Waals surface area contributed by atoms with Crippen LogP contribution in [0.5, 0.6) is 0 Å². The minimum atomic E-state index is -1.97. The SMILES string of the molecule is CCCCCCCCCCCCCCCCCCCCCCCCCCCCCC(=O)NC(COC1OC(CO)C(OC2OC(CO)C(OC3OC(CO)C(O)C(O)C3O)C(O)C2O)C(O)C1O)C(O)CCCCCCCCCCCCCCCC. The topological polar surface area (TPSA) is 307 Å². The number of hydrogen-bond acceptors (Lipinski definition) is 18. The third kappa shape index (κ3) is 32.4. The summed E-state index contributed by atoms with van der Waals surface area (Å²) in [4.78, 5) is 13.4. The van der Waals surface area contributed by atoms with Crippen molar-refractivity contribution in [1.29, 1.82) is 0 Å². The van der Waals surface area contributed by atoms with Crippen LogP contribution in [0.4, 0.5) is 0 Å². The highest BCUT2D eigenvalue weighted by molar-refractivity contribution is 5.76. The van der Waals surface area contributed by atoms with E-state index in [0.29, 0.717) is 12.8 Å². The van der Waals surface area contributed by atoms with E-state index >= 15 is 0 Å². The van der Waals surface area contributed by atoms with Crippen molar-refractivity contribution in [2.45, 2.75) is 394 Å². The smallest absolute Gasteiger partial charge is 0.220 e. The van der Waals surface area contributed by atoms with Gasteiger partial charge >= 0.3 is 0 Å². The maximum absolute atomic E-state index is 13.4. The first-order valence-electron chi connectivity index (χ1n) is 35.3. The summed E-state index contributed by atoms with van der Waals surface area (Å²) in [6.45, 7) is 1.83. The second kappa shape index (κ2) is 50.4. The first kappa shape index (κ1) is 79.0. The zero-order valence-corrected chi connectivity index (χ0v) is 53.8. The molecule has 0 radical (unpaired) electrons. The Morgan fingerprint density at radius 1 is 0.372 bits per heavy atom. The first-order valence-corrected chi connectivity index (χ1v) is 35.3. The van der Waals surface area contributed by atoms with Crippen molar-refractivity contribution in [1.82, 2.24) is 5.32 Å². The molecule has 0 aliphatic carbocycles. The van der Waals surface area contributed by atoms with Crippen molar-refractivity contribution in [3.8, 4) is 0 Å². The second-order valence-corrected chi connectivity index (χ2v) is 25.7. The highest BCUT2D eigenvalue weighted by atomic mass is 16.8. The molecule has 1 amide bonds. The van der Waals surface area contributed by atoms with Crippen LogP contribution in [0.15, 0.2) is 0 Å². The molecule has 0 aromatic carbocycles. The zero-order valence-electron chi connectivity index (χ0n) is 53.8. The minimum absolute atomic E-state index is 0.236. The van der Waals surface area contributed by atoms with Crippen LogP contribution in [0.3, 0.4) is 0 Å². The van der Waals surface area contributed by atoms with Crippen LogP contribution in [0.1, 0.15) is 290 Å². The molecule has 510 valence electrons. The average Bonchev–Trinajstić information content (AvgIpc) is 1.96. The summed E-state index contributed by atoms with van der Waals surface area (Å²) in [6.07, 6.45) is 26.2. The fourth-order valence-electron chi connectivity index (χ4n) is 12.4.